The smallest absolute Gasteiger partial charge is 0.262 e. The molecule has 2 aromatic carbocycles. The first-order valence-electron chi connectivity index (χ1n) is 14.1. The zero-order valence-electron chi connectivity index (χ0n) is 23.2. The van der Waals surface area contributed by atoms with Crippen LogP contribution in [0.15, 0.2) is 60.0 Å². The van der Waals surface area contributed by atoms with Crippen molar-refractivity contribution in [3.8, 4) is 16.9 Å². The Hall–Kier alpha value is -3.80. The van der Waals surface area contributed by atoms with Crippen LogP contribution in [0.4, 0.5) is 4.39 Å². The molecular formula is C31H35FN4O5S. The van der Waals surface area contributed by atoms with Crippen LogP contribution in [0.25, 0.3) is 11.1 Å². The summed E-state index contributed by atoms with van der Waals surface area (Å²) < 4.78 is 26.3. The molecule has 42 heavy (non-hydrogen) atoms. The Balaban J connectivity index is 1.35. The number of nitrogens with zero attached hydrogens (tertiary/aromatic N) is 1. The summed E-state index contributed by atoms with van der Waals surface area (Å²) in [5, 5.41) is 7.41. The van der Waals surface area contributed by atoms with E-state index in [1.165, 1.54) is 23.5 Å². The molecule has 3 amide bonds. The summed E-state index contributed by atoms with van der Waals surface area (Å²) in [6.45, 7) is 1.28. The Morgan fingerprint density at radius 3 is 2.76 bits per heavy atom. The molecule has 4 bridgehead atoms. The van der Waals surface area contributed by atoms with Crippen molar-refractivity contribution in [1.82, 2.24) is 15.5 Å². The highest BCUT2D eigenvalue weighted by molar-refractivity contribution is 7.12. The Kier molecular flexibility index (Phi) is 9.83. The zero-order chi connectivity index (χ0) is 29.5. The summed E-state index contributed by atoms with van der Waals surface area (Å²) in [5.74, 6) is -0.964. The fourth-order valence-electron chi connectivity index (χ4n) is 5.17. The van der Waals surface area contributed by atoms with Gasteiger partial charge in [-0.3, -0.25) is 14.4 Å². The van der Waals surface area contributed by atoms with Crippen LogP contribution in [-0.2, 0) is 20.9 Å². The van der Waals surface area contributed by atoms with Gasteiger partial charge < -0.3 is 30.7 Å². The highest BCUT2D eigenvalue weighted by Crippen LogP contribution is 2.30. The summed E-state index contributed by atoms with van der Waals surface area (Å²) in [6.07, 6.45) is 2.14. The van der Waals surface area contributed by atoms with Crippen LogP contribution in [0.3, 0.4) is 0 Å². The molecule has 1 aromatic heterocycles. The number of carbonyl (C=O) groups is 3. The van der Waals surface area contributed by atoms with E-state index in [9.17, 15) is 18.8 Å². The summed E-state index contributed by atoms with van der Waals surface area (Å²) >= 11 is 1.20. The van der Waals surface area contributed by atoms with Crippen molar-refractivity contribution < 1.29 is 28.2 Å². The molecule has 3 atom stereocenters. The van der Waals surface area contributed by atoms with E-state index >= 15 is 0 Å². The van der Waals surface area contributed by atoms with Crippen LogP contribution in [0.5, 0.6) is 5.75 Å². The Morgan fingerprint density at radius 2 is 1.93 bits per heavy atom. The lowest BCUT2D eigenvalue weighted by Crippen LogP contribution is -2.49. The molecule has 4 N–H and O–H groups in total. The van der Waals surface area contributed by atoms with E-state index in [1.807, 2.05) is 30.3 Å². The first-order chi connectivity index (χ1) is 20.4. The van der Waals surface area contributed by atoms with Gasteiger partial charge in [0, 0.05) is 38.2 Å². The number of nitrogens with two attached hydrogens (primary N) is 1. The standard InChI is InChI=1S/C31H35FN4O5S/c32-23-10-21-11-26(13-23)41-17-25-14-24(33)16-36(25)29(37)8-4-5-9-40-18-27(35-31(39)28-12-22(21)19-42-28)30(38)34-15-20-6-2-1-3-7-20/h1-3,6-7,10-13,19,24-25,27H,4-5,8-9,14-18,33H2,(H,34,38)(H,35,39)/t24-,25-,27-/m0/s1. The first-order valence-corrected chi connectivity index (χ1v) is 15.0. The fraction of sp³-hybridized carbons (Fsp3) is 0.387. The molecule has 2 aliphatic heterocycles. The van der Waals surface area contributed by atoms with Gasteiger partial charge in [0.25, 0.3) is 5.91 Å². The molecule has 0 aliphatic carbocycles. The number of nitrogens with one attached hydrogen (secondary N) is 2. The molecule has 5 rings (SSSR count). The van der Waals surface area contributed by atoms with E-state index < -0.39 is 17.8 Å². The largest absolute Gasteiger partial charge is 0.491 e. The van der Waals surface area contributed by atoms with E-state index in [2.05, 4.69) is 10.6 Å². The molecule has 222 valence electrons. The van der Waals surface area contributed by atoms with E-state index in [1.54, 1.807) is 22.4 Å². The van der Waals surface area contributed by atoms with E-state index in [0.29, 0.717) is 67.1 Å². The van der Waals surface area contributed by atoms with Crippen molar-refractivity contribution in [3.05, 3.63) is 76.2 Å². The van der Waals surface area contributed by atoms with E-state index in [4.69, 9.17) is 15.2 Å². The van der Waals surface area contributed by atoms with Crippen LogP contribution < -0.4 is 21.1 Å². The molecular weight excluding hydrogens is 559 g/mol. The van der Waals surface area contributed by atoms with Gasteiger partial charge in [-0.25, -0.2) is 4.39 Å². The third-order valence-electron chi connectivity index (χ3n) is 7.38. The van der Waals surface area contributed by atoms with E-state index in [-0.39, 0.29) is 37.1 Å². The summed E-state index contributed by atoms with van der Waals surface area (Å²) in [6, 6.07) is 14.2. The van der Waals surface area contributed by atoms with Gasteiger partial charge in [0.2, 0.25) is 11.8 Å². The maximum absolute atomic E-state index is 14.6. The minimum Gasteiger partial charge on any atom is -0.491 e. The van der Waals surface area contributed by atoms with Crippen molar-refractivity contribution in [3.63, 3.8) is 0 Å². The quantitative estimate of drug-likeness (QED) is 0.427. The van der Waals surface area contributed by atoms with E-state index in [0.717, 1.165) is 5.56 Å². The van der Waals surface area contributed by atoms with Gasteiger partial charge in [0.1, 0.15) is 24.2 Å². The second-order valence-corrected chi connectivity index (χ2v) is 11.6. The van der Waals surface area contributed by atoms with Gasteiger partial charge in [-0.15, -0.1) is 11.3 Å². The highest BCUT2D eigenvalue weighted by Gasteiger charge is 2.33. The Labute approximate surface area is 248 Å². The number of ether oxygens (including phenoxy) is 2. The SMILES string of the molecule is N[C@H]1C[C@H]2COc3cc(F)cc(c3)-c3csc(c3)C(=O)N[C@H](C(=O)NCc3ccccc3)COCCCCC(=O)N2C1. The molecule has 3 aromatic rings. The van der Waals surface area contributed by atoms with Crippen LogP contribution in [0.2, 0.25) is 0 Å². The van der Waals surface area contributed by atoms with Gasteiger partial charge in [0.15, 0.2) is 0 Å². The van der Waals surface area contributed by atoms with Crippen molar-refractivity contribution in [2.75, 3.05) is 26.4 Å². The third kappa shape index (κ3) is 7.72. The summed E-state index contributed by atoms with van der Waals surface area (Å²) in [4.78, 5) is 41.4. The fourth-order valence-corrected chi connectivity index (χ4v) is 5.99. The normalized spacial score (nSPS) is 22.0. The number of hydrogen-bond acceptors (Lipinski definition) is 7. The minimum absolute atomic E-state index is 0.0119. The molecule has 11 heteroatoms. The van der Waals surface area contributed by atoms with Crippen LogP contribution in [0, 0.1) is 5.82 Å². The number of thiophene rings is 1. The maximum Gasteiger partial charge on any atom is 0.262 e. The molecule has 9 nitrogen and oxygen atoms in total. The average molecular weight is 595 g/mol. The molecule has 0 spiro atoms. The second kappa shape index (κ2) is 13.9. The van der Waals surface area contributed by atoms with Crippen molar-refractivity contribution in [2.45, 2.75) is 50.4 Å². The van der Waals surface area contributed by atoms with Crippen molar-refractivity contribution >= 4 is 29.1 Å². The minimum atomic E-state index is -0.931. The van der Waals surface area contributed by atoms with Crippen molar-refractivity contribution in [1.29, 1.82) is 0 Å². The predicted octanol–water partition coefficient (Wildman–Crippen LogP) is 3.48. The van der Waals surface area contributed by atoms with Crippen LogP contribution in [-0.4, -0.2) is 67.1 Å². The van der Waals surface area contributed by atoms with Gasteiger partial charge >= 0.3 is 0 Å². The van der Waals surface area contributed by atoms with Gasteiger partial charge in [0.05, 0.1) is 17.5 Å². The summed E-state index contributed by atoms with van der Waals surface area (Å²) in [5.41, 5.74) is 8.29. The topological polar surface area (TPSA) is 123 Å². The number of benzene rings is 2. The molecule has 0 radical (unpaired) electrons. The molecule has 0 unspecified atom stereocenters. The monoisotopic (exact) mass is 594 g/mol. The number of amides is 3. The predicted molar refractivity (Wildman–Crippen MR) is 158 cm³/mol. The summed E-state index contributed by atoms with van der Waals surface area (Å²) in [7, 11) is 0. The van der Waals surface area contributed by atoms with Crippen molar-refractivity contribution in [2.24, 2.45) is 5.73 Å². The lowest BCUT2D eigenvalue weighted by molar-refractivity contribution is -0.132. The Bertz CT molecular complexity index is 1400. The van der Waals surface area contributed by atoms with Crippen LogP contribution in [0.1, 0.15) is 40.9 Å². The number of hydrogen-bond donors (Lipinski definition) is 3. The molecule has 1 fully saturated rings. The van der Waals surface area contributed by atoms with Gasteiger partial charge in [-0.1, -0.05) is 30.3 Å². The number of carbonyl (C=O) groups excluding carboxylic acids is 3. The number of halogens is 1. The number of fused-ring (bicyclic) bond motifs is 6. The average Bonchev–Trinajstić information content (AvgIpc) is 3.63. The third-order valence-corrected chi connectivity index (χ3v) is 8.31. The molecule has 2 aliphatic rings. The first kappa shape index (κ1) is 29.7. The maximum atomic E-state index is 14.6. The Morgan fingerprint density at radius 1 is 1.10 bits per heavy atom. The number of rotatable bonds is 3. The second-order valence-electron chi connectivity index (χ2n) is 10.6. The highest BCUT2D eigenvalue weighted by atomic mass is 32.1. The van der Waals surface area contributed by atoms with Crippen LogP contribution >= 0.6 is 11.3 Å². The lowest BCUT2D eigenvalue weighted by Gasteiger charge is -2.25. The van der Waals surface area contributed by atoms with Gasteiger partial charge in [-0.2, -0.15) is 0 Å². The molecule has 0 saturated carbocycles. The molecule has 3 heterocycles. The molecule has 1 saturated heterocycles. The van der Waals surface area contributed by atoms with Gasteiger partial charge in [-0.05, 0) is 59.5 Å². The zero-order valence-corrected chi connectivity index (χ0v) is 24.0. The lowest BCUT2D eigenvalue weighted by atomic mass is 10.1.